The maximum absolute atomic E-state index is 8.81. The molecule has 2 nitrogen and oxygen atoms in total. The molecule has 33 heavy (non-hydrogen) atoms. The van der Waals surface area contributed by atoms with Gasteiger partial charge in [-0.3, -0.25) is 0 Å². The van der Waals surface area contributed by atoms with Gasteiger partial charge in [-0.25, -0.2) is 23.3 Å². The van der Waals surface area contributed by atoms with Crippen LogP contribution < -0.4 is 0 Å². The standard InChI is InChI=1S/2C8H11.2C7H8O.Zr/c2*1-6-4-7(2)8(3)5-6;2*1-6-3-2-4-7(8)5-6;/h2*4-5H,1-3H3;2*2-5,8H,1H3;/q2*-1;;;+2. The molecule has 4 aromatic rings. The van der Waals surface area contributed by atoms with Gasteiger partial charge in [-0.1, -0.05) is 65.8 Å². The minimum absolute atomic E-state index is 0. The fraction of sp³-hybridized carbons (Fsp3) is 0.267. The Hall–Kier alpha value is -2.38. The first-order chi connectivity index (χ1) is 15.0. The largest absolute Gasteiger partial charge is 2.00 e. The second kappa shape index (κ2) is 15.5. The molecule has 0 aliphatic rings. The molecule has 0 heterocycles. The summed E-state index contributed by atoms with van der Waals surface area (Å²) < 4.78 is 0. The molecule has 0 radical (unpaired) electrons. The zero-order chi connectivity index (χ0) is 24.3. The summed E-state index contributed by atoms with van der Waals surface area (Å²) in [6.07, 6.45) is 0. The van der Waals surface area contributed by atoms with Crippen molar-refractivity contribution in [3.05, 3.63) is 117 Å². The average Bonchev–Trinajstić information content (AvgIpc) is 3.14. The number of hydrogen-bond acceptors (Lipinski definition) is 2. The fourth-order valence-electron chi connectivity index (χ4n) is 3.16. The van der Waals surface area contributed by atoms with Gasteiger partial charge < -0.3 is 10.2 Å². The molecule has 0 saturated heterocycles. The summed E-state index contributed by atoms with van der Waals surface area (Å²) in [5.41, 5.74) is 10.5. The van der Waals surface area contributed by atoms with Gasteiger partial charge in [0.15, 0.2) is 0 Å². The van der Waals surface area contributed by atoms with E-state index in [2.05, 4.69) is 65.8 Å². The van der Waals surface area contributed by atoms with E-state index in [4.69, 9.17) is 10.2 Å². The molecule has 0 aliphatic carbocycles. The maximum Gasteiger partial charge on any atom is 2.00 e. The van der Waals surface area contributed by atoms with Crippen LogP contribution in [-0.4, -0.2) is 10.2 Å². The number of phenols is 2. The maximum atomic E-state index is 8.81. The zero-order valence-electron chi connectivity index (χ0n) is 21.3. The van der Waals surface area contributed by atoms with Crippen molar-refractivity contribution in [1.29, 1.82) is 0 Å². The normalized spacial score (nSPS) is 9.21. The van der Waals surface area contributed by atoms with Gasteiger partial charge in [-0.15, -0.1) is 0 Å². The number of aromatic hydroxyl groups is 2. The van der Waals surface area contributed by atoms with Crippen molar-refractivity contribution in [1.82, 2.24) is 0 Å². The second-order valence-electron chi connectivity index (χ2n) is 8.48. The van der Waals surface area contributed by atoms with Gasteiger partial charge in [0.05, 0.1) is 0 Å². The van der Waals surface area contributed by atoms with Crippen LogP contribution in [0.5, 0.6) is 11.5 Å². The number of benzene rings is 2. The van der Waals surface area contributed by atoms with Crippen LogP contribution in [0.15, 0.2) is 72.8 Å². The van der Waals surface area contributed by atoms with Gasteiger partial charge in [0.25, 0.3) is 0 Å². The minimum atomic E-state index is 0. The van der Waals surface area contributed by atoms with E-state index in [1.54, 1.807) is 24.3 Å². The van der Waals surface area contributed by atoms with Crippen molar-refractivity contribution in [2.24, 2.45) is 0 Å². The molecule has 0 bridgehead atoms. The third kappa shape index (κ3) is 13.0. The Kier molecular flexibility index (Phi) is 14.3. The molecule has 0 atom stereocenters. The molecule has 4 rings (SSSR count). The van der Waals surface area contributed by atoms with Crippen LogP contribution in [0.25, 0.3) is 0 Å². The molecule has 0 unspecified atom stereocenters. The van der Waals surface area contributed by atoms with Crippen LogP contribution >= 0.6 is 0 Å². The van der Waals surface area contributed by atoms with Crippen LogP contribution in [0.2, 0.25) is 0 Å². The van der Waals surface area contributed by atoms with Gasteiger partial charge >= 0.3 is 26.2 Å². The summed E-state index contributed by atoms with van der Waals surface area (Å²) in [4.78, 5) is 0. The molecule has 0 fully saturated rings. The Morgan fingerprint density at radius 2 is 0.848 bits per heavy atom. The predicted molar refractivity (Wildman–Crippen MR) is 138 cm³/mol. The zero-order valence-corrected chi connectivity index (χ0v) is 23.8. The van der Waals surface area contributed by atoms with Crippen LogP contribution in [0.3, 0.4) is 0 Å². The van der Waals surface area contributed by atoms with Crippen LogP contribution in [0.4, 0.5) is 0 Å². The Balaban J connectivity index is 0.000000410. The molecule has 2 N–H and O–H groups in total. The summed E-state index contributed by atoms with van der Waals surface area (Å²) in [5, 5.41) is 17.6. The SMILES string of the molecule is Cc1cc(C)[c-](C)c1.Cc1cc(C)[c-](C)c1.Cc1cccc(O)c1.Cc1cccc(O)c1.[Zr+2]. The van der Waals surface area contributed by atoms with Crippen molar-refractivity contribution in [2.75, 3.05) is 0 Å². The van der Waals surface area contributed by atoms with Gasteiger partial charge in [-0.05, 0) is 49.2 Å². The Morgan fingerprint density at radius 3 is 0.970 bits per heavy atom. The first kappa shape index (κ1) is 30.6. The molecular weight excluding hydrogens is 484 g/mol. The number of aryl methyl sites for hydroxylation is 8. The summed E-state index contributed by atoms with van der Waals surface area (Å²) >= 11 is 0. The smallest absolute Gasteiger partial charge is 0.508 e. The monoisotopic (exact) mass is 520 g/mol. The topological polar surface area (TPSA) is 40.5 Å². The minimum Gasteiger partial charge on any atom is -0.508 e. The van der Waals surface area contributed by atoms with E-state index in [0.29, 0.717) is 11.5 Å². The average molecular weight is 522 g/mol. The second-order valence-corrected chi connectivity index (χ2v) is 8.48. The summed E-state index contributed by atoms with van der Waals surface area (Å²) in [7, 11) is 0. The van der Waals surface area contributed by atoms with Gasteiger partial charge in [0, 0.05) is 0 Å². The fourth-order valence-corrected chi connectivity index (χ4v) is 3.16. The van der Waals surface area contributed by atoms with Gasteiger partial charge in [0.2, 0.25) is 0 Å². The van der Waals surface area contributed by atoms with Crippen molar-refractivity contribution < 1.29 is 36.4 Å². The molecule has 174 valence electrons. The van der Waals surface area contributed by atoms with E-state index in [-0.39, 0.29) is 26.2 Å². The van der Waals surface area contributed by atoms with Crippen molar-refractivity contribution >= 4 is 0 Å². The number of rotatable bonds is 0. The van der Waals surface area contributed by atoms with E-state index in [9.17, 15) is 0 Å². The van der Waals surface area contributed by atoms with Crippen LogP contribution in [-0.2, 0) is 26.2 Å². The third-order valence-corrected chi connectivity index (χ3v) is 5.02. The van der Waals surface area contributed by atoms with Crippen molar-refractivity contribution in [2.45, 2.75) is 55.4 Å². The Bertz CT molecular complexity index is 925. The van der Waals surface area contributed by atoms with Gasteiger partial charge in [-0.2, -0.15) is 34.4 Å². The van der Waals surface area contributed by atoms with E-state index in [1.165, 1.54) is 33.4 Å². The summed E-state index contributed by atoms with van der Waals surface area (Å²) in [6, 6.07) is 23.1. The summed E-state index contributed by atoms with van der Waals surface area (Å²) in [6.45, 7) is 16.7. The Labute approximate surface area is 219 Å². The third-order valence-electron chi connectivity index (χ3n) is 5.02. The van der Waals surface area contributed by atoms with Crippen molar-refractivity contribution in [3.63, 3.8) is 0 Å². The van der Waals surface area contributed by atoms with E-state index in [0.717, 1.165) is 11.1 Å². The van der Waals surface area contributed by atoms with Gasteiger partial charge in [0.1, 0.15) is 11.5 Å². The molecule has 0 aromatic heterocycles. The van der Waals surface area contributed by atoms with E-state index in [1.807, 2.05) is 38.1 Å². The molecular formula is C30H38O2Zr. The number of hydrogen-bond donors (Lipinski definition) is 2. The molecule has 3 heteroatoms. The molecule has 0 aliphatic heterocycles. The summed E-state index contributed by atoms with van der Waals surface area (Å²) in [5.74, 6) is 0.676. The first-order valence-corrected chi connectivity index (χ1v) is 10.9. The Morgan fingerprint density at radius 1 is 0.515 bits per heavy atom. The van der Waals surface area contributed by atoms with E-state index < -0.39 is 0 Å². The quantitative estimate of drug-likeness (QED) is 0.230. The van der Waals surface area contributed by atoms with Crippen molar-refractivity contribution in [3.8, 4) is 11.5 Å². The molecule has 0 spiro atoms. The van der Waals surface area contributed by atoms with Crippen LogP contribution in [0, 0.1) is 55.4 Å². The predicted octanol–water partition coefficient (Wildman–Crippen LogP) is 8.06. The van der Waals surface area contributed by atoms with E-state index >= 15 is 0 Å². The molecule has 0 saturated carbocycles. The first-order valence-electron chi connectivity index (χ1n) is 10.9. The van der Waals surface area contributed by atoms with Crippen LogP contribution in [0.1, 0.15) is 44.5 Å². The molecule has 0 amide bonds. The number of phenolic OH excluding ortho intramolecular Hbond substituents is 2. The molecule has 4 aromatic carbocycles.